The number of benzene rings is 1. The van der Waals surface area contributed by atoms with Crippen LogP contribution in [-0.2, 0) is 4.79 Å². The molecule has 0 saturated heterocycles. The Morgan fingerprint density at radius 1 is 1.23 bits per heavy atom. The second kappa shape index (κ2) is 7.21. The van der Waals surface area contributed by atoms with E-state index in [2.05, 4.69) is 25.2 Å². The lowest BCUT2D eigenvalue weighted by Gasteiger charge is -2.24. The SMILES string of the molecule is CCOc1ccc2nc(-n3nc(C)c4c3NC(=O)C[C@H]4c3cc(C)sc3C)sc2c1. The quantitative estimate of drug-likeness (QED) is 0.467. The fourth-order valence-corrected chi connectivity index (χ4v) is 6.13. The van der Waals surface area contributed by atoms with Crippen molar-refractivity contribution in [3.8, 4) is 10.9 Å². The Balaban J connectivity index is 1.64. The molecule has 1 aromatic carbocycles. The summed E-state index contributed by atoms with van der Waals surface area (Å²) in [6.45, 7) is 8.84. The number of nitrogens with zero attached hydrogens (tertiary/aromatic N) is 3. The fraction of sp³-hybridized carbons (Fsp3) is 0.318. The molecule has 0 spiro atoms. The molecule has 0 aliphatic carbocycles. The molecule has 4 aromatic rings. The maximum absolute atomic E-state index is 12.6. The minimum Gasteiger partial charge on any atom is -0.494 e. The lowest BCUT2D eigenvalue weighted by Crippen LogP contribution is -2.25. The second-order valence-electron chi connectivity index (χ2n) is 7.49. The number of hydrogen-bond donors (Lipinski definition) is 1. The standard InChI is InChI=1S/C22H22N4O2S2/c1-5-28-14-6-7-17-18(9-14)30-22(23-17)26-21-20(12(3)25-26)16(10-19(27)24-21)15-8-11(2)29-13(15)4/h6-9,16H,5,10H2,1-4H3,(H,24,27)/t16-/m0/s1. The van der Waals surface area contributed by atoms with Gasteiger partial charge in [0.25, 0.3) is 0 Å². The number of carbonyl (C=O) groups excluding carboxylic acids is 1. The molecular formula is C22H22N4O2S2. The van der Waals surface area contributed by atoms with Crippen molar-refractivity contribution in [1.29, 1.82) is 0 Å². The van der Waals surface area contributed by atoms with Crippen LogP contribution in [0.4, 0.5) is 5.82 Å². The summed E-state index contributed by atoms with van der Waals surface area (Å²) in [5.41, 5.74) is 4.13. The van der Waals surface area contributed by atoms with Crippen LogP contribution in [0.3, 0.4) is 0 Å². The summed E-state index contributed by atoms with van der Waals surface area (Å²) in [7, 11) is 0. The Labute approximate surface area is 182 Å². The molecule has 0 radical (unpaired) electrons. The Morgan fingerprint density at radius 2 is 2.07 bits per heavy atom. The van der Waals surface area contributed by atoms with E-state index >= 15 is 0 Å². The molecule has 3 aromatic heterocycles. The van der Waals surface area contributed by atoms with Gasteiger partial charge >= 0.3 is 0 Å². The van der Waals surface area contributed by atoms with Crippen LogP contribution in [0.25, 0.3) is 15.3 Å². The van der Waals surface area contributed by atoms with Gasteiger partial charge in [-0.15, -0.1) is 11.3 Å². The average Bonchev–Trinajstić information content (AvgIpc) is 3.36. The molecule has 0 bridgehead atoms. The van der Waals surface area contributed by atoms with Gasteiger partial charge in [0.2, 0.25) is 11.0 Å². The topological polar surface area (TPSA) is 69.0 Å². The van der Waals surface area contributed by atoms with Gasteiger partial charge in [0.15, 0.2) is 0 Å². The Bertz CT molecular complexity index is 1280. The number of amides is 1. The number of fused-ring (bicyclic) bond motifs is 2. The second-order valence-corrected chi connectivity index (χ2v) is 9.96. The van der Waals surface area contributed by atoms with E-state index in [0.29, 0.717) is 13.0 Å². The number of anilines is 1. The number of thiophene rings is 1. The number of rotatable bonds is 4. The average molecular weight is 439 g/mol. The van der Waals surface area contributed by atoms with Gasteiger partial charge in [-0.1, -0.05) is 11.3 Å². The molecule has 30 heavy (non-hydrogen) atoms. The van der Waals surface area contributed by atoms with Crippen LogP contribution in [0.15, 0.2) is 24.3 Å². The number of thiazole rings is 1. The Kier molecular flexibility index (Phi) is 4.63. The van der Waals surface area contributed by atoms with Gasteiger partial charge in [-0.25, -0.2) is 4.98 Å². The molecule has 8 heteroatoms. The highest BCUT2D eigenvalue weighted by Gasteiger charge is 2.34. The summed E-state index contributed by atoms with van der Waals surface area (Å²) in [5.74, 6) is 1.60. The summed E-state index contributed by atoms with van der Waals surface area (Å²) in [6.07, 6.45) is 0.439. The van der Waals surface area contributed by atoms with Crippen LogP contribution in [0.1, 0.15) is 45.8 Å². The Morgan fingerprint density at radius 3 is 2.80 bits per heavy atom. The summed E-state index contributed by atoms with van der Waals surface area (Å²) in [6, 6.07) is 8.10. The first-order valence-electron chi connectivity index (χ1n) is 9.94. The molecule has 154 valence electrons. The van der Waals surface area contributed by atoms with Gasteiger partial charge in [0, 0.05) is 27.7 Å². The smallest absolute Gasteiger partial charge is 0.226 e. The number of aryl methyl sites for hydroxylation is 3. The first kappa shape index (κ1) is 19.3. The van der Waals surface area contributed by atoms with E-state index in [1.54, 1.807) is 27.4 Å². The van der Waals surface area contributed by atoms with E-state index in [1.165, 1.54) is 15.3 Å². The number of aromatic nitrogens is 3. The third-order valence-corrected chi connectivity index (χ3v) is 7.37. The van der Waals surface area contributed by atoms with Crippen molar-refractivity contribution in [2.75, 3.05) is 11.9 Å². The number of carbonyl (C=O) groups is 1. The number of hydrogen-bond acceptors (Lipinski definition) is 6. The molecule has 5 rings (SSSR count). The van der Waals surface area contributed by atoms with Gasteiger partial charge in [-0.3, -0.25) is 4.79 Å². The summed E-state index contributed by atoms with van der Waals surface area (Å²) in [5, 5.41) is 8.58. The predicted octanol–water partition coefficient (Wildman–Crippen LogP) is 5.34. The molecule has 6 nitrogen and oxygen atoms in total. The molecule has 1 aliphatic heterocycles. The molecule has 4 heterocycles. The molecular weight excluding hydrogens is 416 g/mol. The highest BCUT2D eigenvalue weighted by atomic mass is 32.1. The summed E-state index contributed by atoms with van der Waals surface area (Å²) >= 11 is 3.32. The van der Waals surface area contributed by atoms with Crippen LogP contribution in [-0.4, -0.2) is 27.3 Å². The molecule has 1 atom stereocenters. The molecule has 1 N–H and O–H groups in total. The molecule has 0 saturated carbocycles. The fourth-order valence-electron chi connectivity index (χ4n) is 4.19. The van der Waals surface area contributed by atoms with Crippen LogP contribution in [0, 0.1) is 20.8 Å². The maximum Gasteiger partial charge on any atom is 0.226 e. The highest BCUT2D eigenvalue weighted by Crippen LogP contribution is 2.43. The normalized spacial score (nSPS) is 16.0. The first-order chi connectivity index (χ1) is 14.4. The molecule has 0 unspecified atom stereocenters. The zero-order chi connectivity index (χ0) is 21.0. The Hall–Kier alpha value is -2.71. The van der Waals surface area contributed by atoms with E-state index in [9.17, 15) is 4.79 Å². The summed E-state index contributed by atoms with van der Waals surface area (Å²) in [4.78, 5) is 19.9. The largest absolute Gasteiger partial charge is 0.494 e. The van der Waals surface area contributed by atoms with Crippen molar-refractivity contribution in [2.45, 2.75) is 40.0 Å². The van der Waals surface area contributed by atoms with E-state index in [0.717, 1.165) is 38.2 Å². The van der Waals surface area contributed by atoms with Crippen LogP contribution >= 0.6 is 22.7 Å². The first-order valence-corrected chi connectivity index (χ1v) is 11.6. The number of nitrogens with one attached hydrogen (secondary N) is 1. The maximum atomic E-state index is 12.6. The third kappa shape index (κ3) is 3.11. The molecule has 1 amide bonds. The van der Waals surface area contributed by atoms with Gasteiger partial charge in [-0.2, -0.15) is 9.78 Å². The van der Waals surface area contributed by atoms with Gasteiger partial charge in [0.05, 0.1) is 22.5 Å². The van der Waals surface area contributed by atoms with Crippen molar-refractivity contribution in [1.82, 2.24) is 14.8 Å². The van der Waals surface area contributed by atoms with Crippen molar-refractivity contribution in [3.05, 3.63) is 50.8 Å². The lowest BCUT2D eigenvalue weighted by molar-refractivity contribution is -0.116. The van der Waals surface area contributed by atoms with Gasteiger partial charge in [0.1, 0.15) is 11.6 Å². The van der Waals surface area contributed by atoms with Crippen molar-refractivity contribution in [2.24, 2.45) is 0 Å². The van der Waals surface area contributed by atoms with Crippen molar-refractivity contribution >= 4 is 44.6 Å². The van der Waals surface area contributed by atoms with E-state index < -0.39 is 0 Å². The van der Waals surface area contributed by atoms with Crippen LogP contribution in [0.5, 0.6) is 5.75 Å². The minimum absolute atomic E-state index is 0.0108. The van der Waals surface area contributed by atoms with Gasteiger partial charge in [-0.05, 0) is 57.5 Å². The zero-order valence-electron chi connectivity index (χ0n) is 17.3. The monoisotopic (exact) mass is 438 g/mol. The predicted molar refractivity (Wildman–Crippen MR) is 122 cm³/mol. The minimum atomic E-state index is 0.0108. The van der Waals surface area contributed by atoms with Crippen LogP contribution in [0.2, 0.25) is 0 Å². The van der Waals surface area contributed by atoms with Crippen molar-refractivity contribution in [3.63, 3.8) is 0 Å². The number of ether oxygens (including phenoxy) is 1. The van der Waals surface area contributed by atoms with Crippen LogP contribution < -0.4 is 10.1 Å². The molecule has 0 fully saturated rings. The van der Waals surface area contributed by atoms with Gasteiger partial charge < -0.3 is 10.1 Å². The lowest BCUT2D eigenvalue weighted by atomic mass is 9.86. The molecule has 1 aliphatic rings. The van der Waals surface area contributed by atoms with E-state index in [4.69, 9.17) is 14.8 Å². The summed E-state index contributed by atoms with van der Waals surface area (Å²) < 4.78 is 8.43. The zero-order valence-corrected chi connectivity index (χ0v) is 18.9. The third-order valence-electron chi connectivity index (χ3n) is 5.40. The van der Waals surface area contributed by atoms with Crippen molar-refractivity contribution < 1.29 is 9.53 Å². The highest BCUT2D eigenvalue weighted by molar-refractivity contribution is 7.20. The van der Waals surface area contributed by atoms with E-state index in [-0.39, 0.29) is 11.8 Å². The van der Waals surface area contributed by atoms with E-state index in [1.807, 2.05) is 32.0 Å².